The Labute approximate surface area is 137 Å². The van der Waals surface area contributed by atoms with Crippen LogP contribution in [0.5, 0.6) is 0 Å². The van der Waals surface area contributed by atoms with E-state index >= 15 is 0 Å². The zero-order chi connectivity index (χ0) is 15.7. The molecule has 0 spiro atoms. The second-order valence-corrected chi connectivity index (χ2v) is 6.56. The van der Waals surface area contributed by atoms with Crippen LogP contribution in [0.4, 0.5) is 5.95 Å². The second kappa shape index (κ2) is 5.68. The number of nitrogens with zero attached hydrogens (tertiary/aromatic N) is 2. The molecule has 6 heteroatoms. The Bertz CT molecular complexity index is 690. The highest BCUT2D eigenvalue weighted by Gasteiger charge is 2.51. The van der Waals surface area contributed by atoms with Gasteiger partial charge in [0.2, 0.25) is 11.9 Å². The van der Waals surface area contributed by atoms with Crippen LogP contribution in [-0.2, 0) is 10.2 Å². The molecule has 1 aliphatic carbocycles. The Balaban J connectivity index is 1.70. The van der Waals surface area contributed by atoms with Crippen molar-refractivity contribution in [1.82, 2.24) is 15.4 Å². The average Bonchev–Trinajstić information content (AvgIpc) is 3.26. The third-order valence-electron chi connectivity index (χ3n) is 3.85. The van der Waals surface area contributed by atoms with Crippen LogP contribution in [0.3, 0.4) is 0 Å². The number of benzene rings is 1. The van der Waals surface area contributed by atoms with Gasteiger partial charge in [0.05, 0.1) is 5.41 Å². The number of hydrazine groups is 1. The van der Waals surface area contributed by atoms with Gasteiger partial charge in [-0.1, -0.05) is 28.1 Å². The van der Waals surface area contributed by atoms with Gasteiger partial charge in [-0.3, -0.25) is 15.6 Å². The summed E-state index contributed by atoms with van der Waals surface area (Å²) in [6.07, 6.45) is 1.71. The lowest BCUT2D eigenvalue weighted by Gasteiger charge is -2.16. The van der Waals surface area contributed by atoms with Crippen LogP contribution in [0.2, 0.25) is 0 Å². The number of carbonyl (C=O) groups excluding carboxylic acids is 1. The molecule has 0 radical (unpaired) electrons. The first-order valence-corrected chi connectivity index (χ1v) is 7.94. The van der Waals surface area contributed by atoms with Crippen molar-refractivity contribution >= 4 is 27.8 Å². The summed E-state index contributed by atoms with van der Waals surface area (Å²) in [4.78, 5) is 21.0. The molecule has 0 aliphatic heterocycles. The third-order valence-corrected chi connectivity index (χ3v) is 4.38. The molecule has 0 bridgehead atoms. The molecule has 1 heterocycles. The van der Waals surface area contributed by atoms with E-state index in [-0.39, 0.29) is 5.91 Å². The number of aryl methyl sites for hydroxylation is 2. The Morgan fingerprint density at radius 1 is 1.14 bits per heavy atom. The van der Waals surface area contributed by atoms with Crippen molar-refractivity contribution < 1.29 is 4.79 Å². The summed E-state index contributed by atoms with van der Waals surface area (Å²) in [5, 5.41) is 0. The number of aromatic nitrogens is 2. The summed E-state index contributed by atoms with van der Waals surface area (Å²) in [5.41, 5.74) is 7.90. The molecule has 0 saturated heterocycles. The lowest BCUT2D eigenvalue weighted by molar-refractivity contribution is -0.123. The zero-order valence-corrected chi connectivity index (χ0v) is 14.1. The van der Waals surface area contributed by atoms with Crippen molar-refractivity contribution in [3.8, 4) is 0 Å². The molecule has 114 valence electrons. The first-order valence-electron chi connectivity index (χ1n) is 7.14. The summed E-state index contributed by atoms with van der Waals surface area (Å²) in [5.74, 6) is 0.370. The van der Waals surface area contributed by atoms with Crippen LogP contribution in [-0.4, -0.2) is 15.9 Å². The molecular formula is C16H17BrN4O. The molecule has 1 aromatic heterocycles. The highest BCUT2D eigenvalue weighted by Crippen LogP contribution is 2.48. The van der Waals surface area contributed by atoms with Crippen LogP contribution in [0.15, 0.2) is 34.8 Å². The van der Waals surface area contributed by atoms with E-state index in [9.17, 15) is 4.79 Å². The largest absolute Gasteiger partial charge is 0.272 e. The van der Waals surface area contributed by atoms with Gasteiger partial charge in [-0.2, -0.15) is 0 Å². The lowest BCUT2D eigenvalue weighted by Crippen LogP contribution is -2.39. The summed E-state index contributed by atoms with van der Waals surface area (Å²) in [6.45, 7) is 3.79. The van der Waals surface area contributed by atoms with Crippen molar-refractivity contribution in [1.29, 1.82) is 0 Å². The van der Waals surface area contributed by atoms with Crippen molar-refractivity contribution in [2.24, 2.45) is 0 Å². The molecule has 5 nitrogen and oxygen atoms in total. The molecular weight excluding hydrogens is 344 g/mol. The van der Waals surface area contributed by atoms with Crippen molar-refractivity contribution in [2.75, 3.05) is 5.43 Å². The molecule has 0 atom stereocenters. The zero-order valence-electron chi connectivity index (χ0n) is 12.5. The van der Waals surface area contributed by atoms with E-state index in [1.165, 1.54) is 0 Å². The minimum atomic E-state index is -0.424. The summed E-state index contributed by atoms with van der Waals surface area (Å²) in [7, 11) is 0. The van der Waals surface area contributed by atoms with E-state index in [0.717, 1.165) is 34.3 Å². The van der Waals surface area contributed by atoms with E-state index < -0.39 is 5.41 Å². The lowest BCUT2D eigenvalue weighted by atomic mass is 9.95. The van der Waals surface area contributed by atoms with E-state index in [1.807, 2.05) is 44.2 Å². The number of carbonyl (C=O) groups is 1. The fraction of sp³-hybridized carbons (Fsp3) is 0.312. The SMILES string of the molecule is Cc1cc(C)nc(NNC(=O)C2(c3ccc(Br)cc3)CC2)n1. The topological polar surface area (TPSA) is 66.9 Å². The predicted octanol–water partition coefficient (Wildman–Crippen LogP) is 3.03. The van der Waals surface area contributed by atoms with Gasteiger partial charge in [0.1, 0.15) is 0 Å². The number of hydrogen-bond donors (Lipinski definition) is 2. The Morgan fingerprint density at radius 3 is 2.27 bits per heavy atom. The Hall–Kier alpha value is -1.95. The molecule has 0 unspecified atom stereocenters. The van der Waals surface area contributed by atoms with Gasteiger partial charge in [-0.15, -0.1) is 0 Å². The van der Waals surface area contributed by atoms with Gasteiger partial charge in [-0.05, 0) is 50.5 Å². The maximum atomic E-state index is 12.5. The number of anilines is 1. The maximum absolute atomic E-state index is 12.5. The van der Waals surface area contributed by atoms with Crippen LogP contribution in [0.1, 0.15) is 29.8 Å². The van der Waals surface area contributed by atoms with E-state index in [4.69, 9.17) is 0 Å². The van der Waals surface area contributed by atoms with Gasteiger partial charge in [0.15, 0.2) is 0 Å². The summed E-state index contributed by atoms with van der Waals surface area (Å²) in [6, 6.07) is 9.79. The van der Waals surface area contributed by atoms with E-state index in [0.29, 0.717) is 5.95 Å². The Kier molecular flexibility index (Phi) is 3.87. The smallest absolute Gasteiger partial charge is 0.249 e. The molecule has 1 fully saturated rings. The fourth-order valence-corrected chi connectivity index (χ4v) is 2.82. The first-order chi connectivity index (χ1) is 10.5. The van der Waals surface area contributed by atoms with Gasteiger partial charge < -0.3 is 0 Å². The van der Waals surface area contributed by atoms with Crippen molar-refractivity contribution in [2.45, 2.75) is 32.1 Å². The minimum Gasteiger partial charge on any atom is -0.272 e. The Morgan fingerprint density at radius 2 is 1.73 bits per heavy atom. The summed E-state index contributed by atoms with van der Waals surface area (Å²) < 4.78 is 1.01. The molecule has 2 N–H and O–H groups in total. The fourth-order valence-electron chi connectivity index (χ4n) is 2.55. The standard InChI is InChI=1S/C16H17BrN4O/c1-10-9-11(2)19-15(18-10)21-20-14(22)16(7-8-16)12-3-5-13(17)6-4-12/h3-6,9H,7-8H2,1-2H3,(H,20,22)(H,18,19,21). The molecule has 1 saturated carbocycles. The monoisotopic (exact) mass is 360 g/mol. The highest BCUT2D eigenvalue weighted by molar-refractivity contribution is 9.10. The molecule has 22 heavy (non-hydrogen) atoms. The van der Waals surface area contributed by atoms with Crippen LogP contribution < -0.4 is 10.9 Å². The normalized spacial score (nSPS) is 15.2. The van der Waals surface area contributed by atoms with E-state index in [1.54, 1.807) is 0 Å². The molecule has 1 amide bonds. The first kappa shape index (κ1) is 15.0. The van der Waals surface area contributed by atoms with Gasteiger partial charge in [-0.25, -0.2) is 9.97 Å². The number of halogens is 1. The average molecular weight is 361 g/mol. The van der Waals surface area contributed by atoms with Crippen LogP contribution in [0, 0.1) is 13.8 Å². The third kappa shape index (κ3) is 2.97. The number of amides is 1. The molecule has 3 rings (SSSR count). The minimum absolute atomic E-state index is 0.0439. The summed E-state index contributed by atoms with van der Waals surface area (Å²) >= 11 is 3.42. The number of hydrogen-bond acceptors (Lipinski definition) is 4. The van der Waals surface area contributed by atoms with Crippen LogP contribution >= 0.6 is 15.9 Å². The highest BCUT2D eigenvalue weighted by atomic mass is 79.9. The maximum Gasteiger partial charge on any atom is 0.249 e. The molecule has 1 aliphatic rings. The van der Waals surface area contributed by atoms with Crippen LogP contribution in [0.25, 0.3) is 0 Å². The van der Waals surface area contributed by atoms with Crippen molar-refractivity contribution in [3.05, 3.63) is 51.8 Å². The molecule has 1 aromatic carbocycles. The van der Waals surface area contributed by atoms with Gasteiger partial charge in [0.25, 0.3) is 0 Å². The number of rotatable bonds is 4. The number of nitrogens with one attached hydrogen (secondary N) is 2. The second-order valence-electron chi connectivity index (χ2n) is 5.64. The van der Waals surface area contributed by atoms with E-state index in [2.05, 4.69) is 36.7 Å². The quantitative estimate of drug-likeness (QED) is 0.822. The predicted molar refractivity (Wildman–Crippen MR) is 88.3 cm³/mol. The molecule has 2 aromatic rings. The van der Waals surface area contributed by atoms with Gasteiger partial charge in [0, 0.05) is 15.9 Å². The van der Waals surface area contributed by atoms with Crippen molar-refractivity contribution in [3.63, 3.8) is 0 Å². The van der Waals surface area contributed by atoms with Gasteiger partial charge >= 0.3 is 0 Å².